The predicted octanol–water partition coefficient (Wildman–Crippen LogP) is 4.57. The van der Waals surface area contributed by atoms with Crippen LogP contribution in [0, 0.1) is 0 Å². The summed E-state index contributed by atoms with van der Waals surface area (Å²) in [4.78, 5) is 0. The average molecular weight is 334 g/mol. The second-order valence-electron chi connectivity index (χ2n) is 6.39. The van der Waals surface area contributed by atoms with E-state index >= 15 is 0 Å². The monoisotopic (exact) mass is 334 g/mol. The van der Waals surface area contributed by atoms with Gasteiger partial charge in [-0.25, -0.2) is 0 Å². The van der Waals surface area contributed by atoms with E-state index in [1.165, 1.54) is 11.1 Å². The van der Waals surface area contributed by atoms with E-state index in [2.05, 4.69) is 37.4 Å². The third-order valence-corrected chi connectivity index (χ3v) is 4.77. The Kier molecular flexibility index (Phi) is 4.53. The van der Waals surface area contributed by atoms with Crippen molar-refractivity contribution in [3.63, 3.8) is 0 Å². The first-order chi connectivity index (χ1) is 12.3. The minimum atomic E-state index is 0.117. The van der Waals surface area contributed by atoms with Gasteiger partial charge >= 0.3 is 0 Å². The Balaban J connectivity index is 1.25. The Morgan fingerprint density at radius 3 is 1.64 bits per heavy atom. The Morgan fingerprint density at radius 2 is 1.20 bits per heavy atom. The molecule has 3 heteroatoms. The molecule has 0 N–H and O–H groups in total. The van der Waals surface area contributed by atoms with Crippen LogP contribution in [0.1, 0.15) is 34.5 Å². The zero-order chi connectivity index (χ0) is 17.2. The molecule has 4 rings (SSSR count). The first kappa shape index (κ1) is 16.3. The molecular formula is C22H22O3. The molecule has 2 saturated heterocycles. The van der Waals surface area contributed by atoms with Gasteiger partial charge in [-0.3, -0.25) is 0 Å². The van der Waals surface area contributed by atoms with E-state index in [-0.39, 0.29) is 24.4 Å². The molecule has 0 aliphatic carbocycles. The van der Waals surface area contributed by atoms with Gasteiger partial charge in [0.05, 0.1) is 13.2 Å². The van der Waals surface area contributed by atoms with Gasteiger partial charge in [-0.1, -0.05) is 73.8 Å². The Hall–Kier alpha value is -2.20. The van der Waals surface area contributed by atoms with Crippen molar-refractivity contribution in [3.8, 4) is 0 Å². The van der Waals surface area contributed by atoms with Crippen molar-refractivity contribution in [2.45, 2.75) is 24.4 Å². The van der Waals surface area contributed by atoms with Gasteiger partial charge in [-0.2, -0.15) is 0 Å². The standard InChI is InChI=1S/C22H22O3/c1-3-15-9-5-7-11-17(15)21-19(24-21)13-23-14-20-22(25-20)18-12-8-6-10-16(18)4-2/h3-12,19-22H,1-2,13-14H2. The van der Waals surface area contributed by atoms with Crippen molar-refractivity contribution in [1.29, 1.82) is 0 Å². The van der Waals surface area contributed by atoms with E-state index in [0.717, 1.165) is 11.1 Å². The van der Waals surface area contributed by atoms with E-state index in [4.69, 9.17) is 14.2 Å². The lowest BCUT2D eigenvalue weighted by atomic mass is 10.0. The first-order valence-corrected chi connectivity index (χ1v) is 8.63. The van der Waals surface area contributed by atoms with E-state index < -0.39 is 0 Å². The summed E-state index contributed by atoms with van der Waals surface area (Å²) in [6.07, 6.45) is 4.22. The molecule has 0 aromatic heterocycles. The number of rotatable bonds is 8. The number of epoxide rings is 2. The summed E-state index contributed by atoms with van der Waals surface area (Å²) in [7, 11) is 0. The highest BCUT2D eigenvalue weighted by Crippen LogP contribution is 2.43. The minimum absolute atomic E-state index is 0.117. The average Bonchev–Trinajstić information content (AvgIpc) is 3.58. The largest absolute Gasteiger partial charge is 0.376 e. The molecule has 2 aromatic rings. The first-order valence-electron chi connectivity index (χ1n) is 8.63. The van der Waals surface area contributed by atoms with Gasteiger partial charge in [0.1, 0.15) is 24.4 Å². The van der Waals surface area contributed by atoms with Gasteiger partial charge in [-0.05, 0) is 22.3 Å². The lowest BCUT2D eigenvalue weighted by molar-refractivity contribution is 0.102. The van der Waals surface area contributed by atoms with Crippen LogP contribution >= 0.6 is 0 Å². The maximum Gasteiger partial charge on any atom is 0.112 e. The van der Waals surface area contributed by atoms with Crippen LogP contribution in [-0.2, 0) is 14.2 Å². The summed E-state index contributed by atoms with van der Waals surface area (Å²) >= 11 is 0. The molecule has 25 heavy (non-hydrogen) atoms. The number of hydrogen-bond acceptors (Lipinski definition) is 3. The molecule has 2 fully saturated rings. The molecule has 2 aliphatic rings. The fraction of sp³-hybridized carbons (Fsp3) is 0.273. The van der Waals surface area contributed by atoms with Crippen LogP contribution in [0.25, 0.3) is 12.2 Å². The minimum Gasteiger partial charge on any atom is -0.376 e. The molecule has 128 valence electrons. The van der Waals surface area contributed by atoms with Crippen molar-refractivity contribution in [1.82, 2.24) is 0 Å². The SMILES string of the molecule is C=Cc1ccccc1C1OC1COCC1OC1c1ccccc1C=C. The molecule has 2 aliphatic heterocycles. The molecular weight excluding hydrogens is 312 g/mol. The highest BCUT2D eigenvalue weighted by Gasteiger charge is 2.44. The van der Waals surface area contributed by atoms with Crippen molar-refractivity contribution in [2.24, 2.45) is 0 Å². The predicted molar refractivity (Wildman–Crippen MR) is 99.1 cm³/mol. The third kappa shape index (κ3) is 3.45. The van der Waals surface area contributed by atoms with E-state index in [9.17, 15) is 0 Å². The summed E-state index contributed by atoms with van der Waals surface area (Å²) in [5.74, 6) is 0. The van der Waals surface area contributed by atoms with Gasteiger partial charge in [0.25, 0.3) is 0 Å². The third-order valence-electron chi connectivity index (χ3n) is 4.77. The Morgan fingerprint density at radius 1 is 0.760 bits per heavy atom. The molecule has 0 bridgehead atoms. The smallest absolute Gasteiger partial charge is 0.112 e. The summed E-state index contributed by atoms with van der Waals surface area (Å²) in [6, 6.07) is 16.4. The fourth-order valence-corrected chi connectivity index (χ4v) is 3.30. The maximum atomic E-state index is 5.83. The molecule has 2 heterocycles. The summed E-state index contributed by atoms with van der Waals surface area (Å²) < 4.78 is 17.4. The lowest BCUT2D eigenvalue weighted by Crippen LogP contribution is -2.08. The lowest BCUT2D eigenvalue weighted by Gasteiger charge is -2.03. The second-order valence-corrected chi connectivity index (χ2v) is 6.39. The highest BCUT2D eigenvalue weighted by atomic mass is 16.6. The molecule has 0 amide bonds. The molecule has 0 radical (unpaired) electrons. The van der Waals surface area contributed by atoms with Gasteiger partial charge in [0, 0.05) is 0 Å². The molecule has 3 nitrogen and oxygen atoms in total. The number of ether oxygens (including phenoxy) is 3. The van der Waals surface area contributed by atoms with Crippen molar-refractivity contribution >= 4 is 12.2 Å². The molecule has 0 spiro atoms. The normalized spacial score (nSPS) is 26.9. The van der Waals surface area contributed by atoms with Crippen LogP contribution in [0.2, 0.25) is 0 Å². The van der Waals surface area contributed by atoms with Gasteiger partial charge in [0.2, 0.25) is 0 Å². The number of benzene rings is 2. The zero-order valence-corrected chi connectivity index (χ0v) is 14.1. The van der Waals surface area contributed by atoms with Crippen LogP contribution in [0.4, 0.5) is 0 Å². The molecule has 4 atom stereocenters. The quantitative estimate of drug-likeness (QED) is 0.663. The van der Waals surface area contributed by atoms with Crippen LogP contribution < -0.4 is 0 Å². The summed E-state index contributed by atoms with van der Waals surface area (Å²) in [5.41, 5.74) is 4.63. The fourth-order valence-electron chi connectivity index (χ4n) is 3.30. The van der Waals surface area contributed by atoms with E-state index in [1.54, 1.807) is 0 Å². The summed E-state index contributed by atoms with van der Waals surface area (Å²) in [5, 5.41) is 0. The highest BCUT2D eigenvalue weighted by molar-refractivity contribution is 5.54. The van der Waals surface area contributed by atoms with E-state index in [0.29, 0.717) is 13.2 Å². The Bertz CT molecular complexity index is 717. The van der Waals surface area contributed by atoms with Crippen molar-refractivity contribution in [3.05, 3.63) is 83.9 Å². The maximum absolute atomic E-state index is 5.83. The number of hydrogen-bond donors (Lipinski definition) is 0. The summed E-state index contributed by atoms with van der Waals surface area (Å²) in [6.45, 7) is 8.90. The van der Waals surface area contributed by atoms with Gasteiger partial charge in [-0.15, -0.1) is 0 Å². The second kappa shape index (κ2) is 6.96. The van der Waals surface area contributed by atoms with E-state index in [1.807, 2.05) is 36.4 Å². The molecule has 2 aromatic carbocycles. The topological polar surface area (TPSA) is 34.3 Å². The zero-order valence-electron chi connectivity index (χ0n) is 14.1. The van der Waals surface area contributed by atoms with Gasteiger partial charge in [0.15, 0.2) is 0 Å². The van der Waals surface area contributed by atoms with Crippen LogP contribution in [0.3, 0.4) is 0 Å². The van der Waals surface area contributed by atoms with Crippen LogP contribution in [-0.4, -0.2) is 25.4 Å². The van der Waals surface area contributed by atoms with Crippen LogP contribution in [0.5, 0.6) is 0 Å². The van der Waals surface area contributed by atoms with Crippen molar-refractivity contribution in [2.75, 3.05) is 13.2 Å². The Labute approximate surface area is 148 Å². The molecule has 0 saturated carbocycles. The molecule has 4 unspecified atom stereocenters. The van der Waals surface area contributed by atoms with Gasteiger partial charge < -0.3 is 14.2 Å². The van der Waals surface area contributed by atoms with Crippen molar-refractivity contribution < 1.29 is 14.2 Å². The van der Waals surface area contributed by atoms with Crippen LogP contribution in [0.15, 0.2) is 61.7 Å².